The van der Waals surface area contributed by atoms with Crippen LogP contribution in [0.3, 0.4) is 0 Å². The summed E-state index contributed by atoms with van der Waals surface area (Å²) >= 11 is 0. The largest absolute Gasteiger partial charge is 0.419 e. The second-order valence-electron chi connectivity index (χ2n) is 5.57. The van der Waals surface area contributed by atoms with E-state index >= 15 is 0 Å². The van der Waals surface area contributed by atoms with Crippen LogP contribution in [0.15, 0.2) is 29.3 Å². The maximum Gasteiger partial charge on any atom is 0.419 e. The van der Waals surface area contributed by atoms with Crippen molar-refractivity contribution in [3.05, 3.63) is 52.4 Å². The first-order chi connectivity index (χ1) is 12.2. The molecule has 0 saturated carbocycles. The number of halogens is 4. The van der Waals surface area contributed by atoms with E-state index in [0.29, 0.717) is 25.8 Å². The Kier molecular flexibility index (Phi) is 6.01. The van der Waals surface area contributed by atoms with Crippen molar-refractivity contribution in [2.75, 3.05) is 13.2 Å². The smallest absolute Gasteiger partial charge is 0.380 e. The molecule has 0 aliphatic heterocycles. The predicted molar refractivity (Wildman–Crippen MR) is 85.9 cm³/mol. The third-order valence-electron chi connectivity index (χ3n) is 3.88. The van der Waals surface area contributed by atoms with E-state index in [1.165, 1.54) is 0 Å². The molecule has 0 N–H and O–H groups in total. The maximum atomic E-state index is 14.1. The zero-order chi connectivity index (χ0) is 19.5. The van der Waals surface area contributed by atoms with Crippen molar-refractivity contribution < 1.29 is 27.1 Å². The zero-order valence-corrected chi connectivity index (χ0v) is 14.6. The number of aryl methyl sites for hydroxylation is 1. The Morgan fingerprint density at radius 1 is 1.31 bits per heavy atom. The molecule has 9 heteroatoms. The van der Waals surface area contributed by atoms with Crippen LogP contribution in [-0.4, -0.2) is 28.5 Å². The first-order valence-corrected chi connectivity index (χ1v) is 7.92. The molecule has 0 unspecified atom stereocenters. The van der Waals surface area contributed by atoms with Gasteiger partial charge in [-0.05, 0) is 26.0 Å². The van der Waals surface area contributed by atoms with Gasteiger partial charge in [0.15, 0.2) is 5.49 Å². The highest BCUT2D eigenvalue weighted by atomic mass is 19.4. The van der Waals surface area contributed by atoms with Gasteiger partial charge in [0.2, 0.25) is 0 Å². The summed E-state index contributed by atoms with van der Waals surface area (Å²) in [5.41, 5.74) is -1.23. The van der Waals surface area contributed by atoms with E-state index in [9.17, 15) is 22.4 Å². The van der Waals surface area contributed by atoms with Gasteiger partial charge in [-0.1, -0.05) is 6.07 Å². The third kappa shape index (κ3) is 4.21. The Morgan fingerprint density at radius 2 is 2.00 bits per heavy atom. The first kappa shape index (κ1) is 19.9. The normalized spacial score (nSPS) is 12.7. The molecule has 1 amide bonds. The molecule has 1 aromatic heterocycles. The van der Waals surface area contributed by atoms with Gasteiger partial charge >= 0.3 is 6.18 Å². The van der Waals surface area contributed by atoms with E-state index in [2.05, 4.69) is 4.99 Å². The molecule has 0 saturated heterocycles. The van der Waals surface area contributed by atoms with Crippen LogP contribution in [0.4, 0.5) is 17.6 Å². The molecular weight excluding hydrogens is 354 g/mol. The lowest BCUT2D eigenvalue weighted by Gasteiger charge is -2.10. The number of carbonyl (C=O) groups excluding carboxylic acids is 1. The fourth-order valence-electron chi connectivity index (χ4n) is 2.43. The van der Waals surface area contributed by atoms with Crippen molar-refractivity contribution in [2.24, 2.45) is 12.0 Å². The van der Waals surface area contributed by atoms with E-state index in [-0.39, 0.29) is 5.49 Å². The lowest BCUT2D eigenvalue weighted by Crippen LogP contribution is -2.26. The van der Waals surface area contributed by atoms with Crippen LogP contribution < -0.4 is 5.49 Å². The van der Waals surface area contributed by atoms with Gasteiger partial charge in [-0.3, -0.25) is 14.2 Å². The Labute approximate surface area is 147 Å². The van der Waals surface area contributed by atoms with Crippen LogP contribution in [0.25, 0.3) is 0 Å². The minimum Gasteiger partial charge on any atom is -0.380 e. The Bertz CT molecular complexity index is 866. The summed E-state index contributed by atoms with van der Waals surface area (Å²) < 4.78 is 61.2. The molecule has 1 heterocycles. The van der Waals surface area contributed by atoms with Gasteiger partial charge < -0.3 is 4.74 Å². The van der Waals surface area contributed by atoms with Gasteiger partial charge in [0.1, 0.15) is 5.82 Å². The van der Waals surface area contributed by atoms with Crippen LogP contribution in [0.1, 0.15) is 28.5 Å². The van der Waals surface area contributed by atoms with Gasteiger partial charge in [0.05, 0.1) is 24.3 Å². The Morgan fingerprint density at radius 3 is 2.62 bits per heavy atom. The molecule has 26 heavy (non-hydrogen) atoms. The number of ether oxygens (including phenoxy) is 1. The summed E-state index contributed by atoms with van der Waals surface area (Å²) in [4.78, 5) is 16.1. The third-order valence-corrected chi connectivity index (χ3v) is 3.88. The molecule has 0 aliphatic carbocycles. The van der Waals surface area contributed by atoms with Gasteiger partial charge in [-0.2, -0.15) is 18.2 Å². The van der Waals surface area contributed by atoms with Crippen LogP contribution in [0.5, 0.6) is 0 Å². The number of hydrogen-bond donors (Lipinski definition) is 0. The number of benzene rings is 1. The SMILES string of the molecule is CCOCCn1/c(=N\C(=O)c2cccc(C(F)(F)F)c2F)cc(C)n1C. The van der Waals surface area contributed by atoms with E-state index in [1.807, 2.05) is 6.92 Å². The summed E-state index contributed by atoms with van der Waals surface area (Å²) in [6.45, 7) is 4.89. The van der Waals surface area contributed by atoms with E-state index in [4.69, 9.17) is 4.74 Å². The molecule has 0 aliphatic rings. The van der Waals surface area contributed by atoms with Crippen molar-refractivity contribution in [2.45, 2.75) is 26.6 Å². The predicted octanol–water partition coefficient (Wildman–Crippen LogP) is 3.07. The molecule has 0 bridgehead atoms. The summed E-state index contributed by atoms with van der Waals surface area (Å²) in [7, 11) is 1.75. The quantitative estimate of drug-likeness (QED) is 0.597. The molecule has 0 atom stereocenters. The minimum atomic E-state index is -4.89. The summed E-state index contributed by atoms with van der Waals surface area (Å²) in [5.74, 6) is -2.70. The van der Waals surface area contributed by atoms with E-state index in [1.54, 1.807) is 29.4 Å². The lowest BCUT2D eigenvalue weighted by atomic mass is 10.1. The number of aromatic nitrogens is 2. The number of rotatable bonds is 5. The molecular formula is C17H19F4N3O2. The van der Waals surface area contributed by atoms with Crippen LogP contribution in [0, 0.1) is 12.7 Å². The monoisotopic (exact) mass is 373 g/mol. The average molecular weight is 373 g/mol. The van der Waals surface area contributed by atoms with Gasteiger partial charge in [-0.15, -0.1) is 0 Å². The highest BCUT2D eigenvalue weighted by Crippen LogP contribution is 2.32. The molecule has 1 aromatic carbocycles. The minimum absolute atomic E-state index is 0.214. The van der Waals surface area contributed by atoms with Gasteiger partial charge in [0.25, 0.3) is 5.91 Å². The molecule has 0 fully saturated rings. The Balaban J connectivity index is 2.45. The fraction of sp³-hybridized carbons (Fsp3) is 0.412. The zero-order valence-electron chi connectivity index (χ0n) is 14.6. The standard InChI is InChI=1S/C17H19F4N3O2/c1-4-26-9-8-24-14(10-11(2)23(24)3)22-16(25)12-6-5-7-13(15(12)18)17(19,20)21/h5-7,10H,4,8-9H2,1-3H3/b22-14-. The fourth-order valence-corrected chi connectivity index (χ4v) is 2.43. The van der Waals surface area contributed by atoms with Crippen molar-refractivity contribution in [3.8, 4) is 0 Å². The van der Waals surface area contributed by atoms with E-state index in [0.717, 1.165) is 17.8 Å². The number of alkyl halides is 3. The van der Waals surface area contributed by atoms with Crippen LogP contribution in [0.2, 0.25) is 0 Å². The molecule has 5 nitrogen and oxygen atoms in total. The molecule has 2 rings (SSSR count). The lowest BCUT2D eigenvalue weighted by molar-refractivity contribution is -0.140. The van der Waals surface area contributed by atoms with Crippen LogP contribution in [-0.2, 0) is 24.5 Å². The Hall–Kier alpha value is -2.42. The highest BCUT2D eigenvalue weighted by Gasteiger charge is 2.35. The number of amides is 1. The number of carbonyl (C=O) groups is 1. The highest BCUT2D eigenvalue weighted by molar-refractivity contribution is 5.95. The van der Waals surface area contributed by atoms with Crippen LogP contribution >= 0.6 is 0 Å². The van der Waals surface area contributed by atoms with Crippen molar-refractivity contribution >= 4 is 5.91 Å². The summed E-state index contributed by atoms with van der Waals surface area (Å²) in [6.07, 6.45) is -4.89. The van der Waals surface area contributed by atoms with Crippen molar-refractivity contribution in [1.82, 2.24) is 9.36 Å². The second-order valence-corrected chi connectivity index (χ2v) is 5.57. The van der Waals surface area contributed by atoms with Gasteiger partial charge in [0, 0.05) is 25.4 Å². The molecule has 2 aromatic rings. The summed E-state index contributed by atoms with van der Waals surface area (Å²) in [6, 6.07) is 4.14. The van der Waals surface area contributed by atoms with E-state index < -0.39 is 29.0 Å². The van der Waals surface area contributed by atoms with Crippen molar-refractivity contribution in [1.29, 1.82) is 0 Å². The maximum absolute atomic E-state index is 14.1. The topological polar surface area (TPSA) is 48.5 Å². The molecule has 142 valence electrons. The number of nitrogens with zero attached hydrogens (tertiary/aromatic N) is 3. The molecule has 0 spiro atoms. The van der Waals surface area contributed by atoms with Gasteiger partial charge in [-0.25, -0.2) is 4.39 Å². The number of hydrogen-bond acceptors (Lipinski definition) is 2. The first-order valence-electron chi connectivity index (χ1n) is 7.92. The molecule has 0 radical (unpaired) electrons. The summed E-state index contributed by atoms with van der Waals surface area (Å²) in [5, 5.41) is 0. The average Bonchev–Trinajstić information content (AvgIpc) is 2.81. The van der Waals surface area contributed by atoms with Crippen molar-refractivity contribution in [3.63, 3.8) is 0 Å². The second kappa shape index (κ2) is 7.86.